The van der Waals surface area contributed by atoms with Gasteiger partial charge in [0.25, 0.3) is 0 Å². The highest BCUT2D eigenvalue weighted by Gasteiger charge is 2.09. The fourth-order valence-corrected chi connectivity index (χ4v) is 2.94. The molecule has 0 radical (unpaired) electrons. The molecule has 23 heavy (non-hydrogen) atoms. The Hall–Kier alpha value is -2.05. The number of para-hydroxylation sites is 1. The van der Waals surface area contributed by atoms with E-state index in [1.807, 2.05) is 55.5 Å². The van der Waals surface area contributed by atoms with E-state index in [4.69, 9.17) is 16.3 Å². The molecule has 0 aliphatic heterocycles. The average molecular weight is 347 g/mol. The summed E-state index contributed by atoms with van der Waals surface area (Å²) in [6.45, 7) is 2.56. The predicted octanol–water partition coefficient (Wildman–Crippen LogP) is 3.80. The Morgan fingerprint density at radius 1 is 1.17 bits per heavy atom. The minimum Gasteiger partial charge on any atom is -0.491 e. The number of thioether (sulfide) groups is 1. The number of aryl methyl sites for hydroxylation is 1. The van der Waals surface area contributed by atoms with Crippen LogP contribution in [0.2, 0.25) is 5.02 Å². The predicted molar refractivity (Wildman–Crippen MR) is 91.6 cm³/mol. The van der Waals surface area contributed by atoms with Gasteiger partial charge < -0.3 is 4.74 Å². The Balaban J connectivity index is 1.60. The summed E-state index contributed by atoms with van der Waals surface area (Å²) in [4.78, 5) is 0. The van der Waals surface area contributed by atoms with E-state index in [1.54, 1.807) is 4.68 Å². The monoisotopic (exact) mass is 346 g/mol. The van der Waals surface area contributed by atoms with Gasteiger partial charge in [-0.25, -0.2) is 0 Å². The topological polar surface area (TPSA) is 52.8 Å². The van der Waals surface area contributed by atoms with Crippen LogP contribution >= 0.6 is 23.4 Å². The van der Waals surface area contributed by atoms with Crippen LogP contribution in [0.4, 0.5) is 0 Å². The second kappa shape index (κ2) is 7.48. The van der Waals surface area contributed by atoms with Crippen molar-refractivity contribution in [2.45, 2.75) is 12.1 Å². The maximum Gasteiger partial charge on any atom is 0.214 e. The Labute approximate surface area is 143 Å². The number of halogens is 1. The van der Waals surface area contributed by atoms with E-state index in [1.165, 1.54) is 11.8 Å². The quantitative estimate of drug-likeness (QED) is 0.502. The molecule has 0 saturated carbocycles. The highest BCUT2D eigenvalue weighted by atomic mass is 35.5. The molecule has 5 nitrogen and oxygen atoms in total. The Bertz CT molecular complexity index is 793. The van der Waals surface area contributed by atoms with Gasteiger partial charge in [0.1, 0.15) is 5.75 Å². The van der Waals surface area contributed by atoms with E-state index in [0.717, 1.165) is 22.2 Å². The van der Waals surface area contributed by atoms with Crippen molar-refractivity contribution in [2.24, 2.45) is 0 Å². The van der Waals surface area contributed by atoms with Crippen molar-refractivity contribution < 1.29 is 4.74 Å². The molecule has 0 atom stereocenters. The minimum atomic E-state index is 0.523. The molecule has 3 aromatic rings. The fourth-order valence-electron chi connectivity index (χ4n) is 2.04. The molecule has 0 bridgehead atoms. The van der Waals surface area contributed by atoms with Crippen molar-refractivity contribution in [1.82, 2.24) is 20.2 Å². The molecule has 0 N–H and O–H groups in total. The molecule has 0 fully saturated rings. The minimum absolute atomic E-state index is 0.523. The second-order valence-corrected chi connectivity index (χ2v) is 6.31. The van der Waals surface area contributed by atoms with Crippen molar-refractivity contribution in [3.63, 3.8) is 0 Å². The van der Waals surface area contributed by atoms with Crippen LogP contribution in [-0.2, 0) is 0 Å². The first-order chi connectivity index (χ1) is 11.2. The third kappa shape index (κ3) is 4.03. The molecule has 0 aliphatic rings. The first-order valence-corrected chi connectivity index (χ1v) is 8.46. The molecule has 3 rings (SSSR count). The third-order valence-electron chi connectivity index (χ3n) is 3.10. The van der Waals surface area contributed by atoms with Crippen molar-refractivity contribution in [1.29, 1.82) is 0 Å². The van der Waals surface area contributed by atoms with Crippen LogP contribution in [0, 0.1) is 6.92 Å². The van der Waals surface area contributed by atoms with Crippen molar-refractivity contribution in [2.75, 3.05) is 12.4 Å². The zero-order chi connectivity index (χ0) is 16.1. The van der Waals surface area contributed by atoms with Gasteiger partial charge in [0.05, 0.1) is 17.3 Å². The normalized spacial score (nSPS) is 10.7. The highest BCUT2D eigenvalue weighted by Crippen LogP contribution is 2.24. The number of tetrazole rings is 1. The summed E-state index contributed by atoms with van der Waals surface area (Å²) in [5, 5.41) is 13.2. The van der Waals surface area contributed by atoms with Crippen LogP contribution in [-0.4, -0.2) is 32.6 Å². The van der Waals surface area contributed by atoms with Gasteiger partial charge in [0.2, 0.25) is 5.16 Å². The second-order valence-electron chi connectivity index (χ2n) is 4.84. The van der Waals surface area contributed by atoms with Gasteiger partial charge in [0, 0.05) is 5.75 Å². The fraction of sp³-hybridized carbons (Fsp3) is 0.188. The smallest absolute Gasteiger partial charge is 0.214 e. The van der Waals surface area contributed by atoms with Crippen LogP contribution in [0.1, 0.15) is 5.56 Å². The average Bonchev–Trinajstić information content (AvgIpc) is 3.01. The van der Waals surface area contributed by atoms with E-state index < -0.39 is 0 Å². The molecule has 0 spiro atoms. The lowest BCUT2D eigenvalue weighted by atomic mass is 10.2. The molecule has 7 heteroatoms. The number of aromatic nitrogens is 4. The molecule has 118 valence electrons. The molecule has 0 saturated heterocycles. The van der Waals surface area contributed by atoms with E-state index in [-0.39, 0.29) is 0 Å². The molecular weight excluding hydrogens is 332 g/mol. The Kier molecular flexibility index (Phi) is 5.15. The maximum atomic E-state index is 6.05. The standard InChI is InChI=1S/C16H15ClN4OS/c1-12-5-4-6-13(11-12)21-16(18-19-20-21)23-10-9-22-15-8-3-2-7-14(15)17/h2-8,11H,9-10H2,1H3. The van der Waals surface area contributed by atoms with Crippen molar-refractivity contribution in [3.8, 4) is 11.4 Å². The lowest BCUT2D eigenvalue weighted by molar-refractivity contribution is 0.344. The van der Waals surface area contributed by atoms with Crippen LogP contribution in [0.15, 0.2) is 53.7 Å². The lowest BCUT2D eigenvalue weighted by Gasteiger charge is -2.08. The summed E-state index contributed by atoms with van der Waals surface area (Å²) in [6, 6.07) is 15.5. The summed E-state index contributed by atoms with van der Waals surface area (Å²) in [6.07, 6.45) is 0. The molecule has 0 amide bonds. The molecule has 1 aromatic heterocycles. The first-order valence-electron chi connectivity index (χ1n) is 7.09. The van der Waals surface area contributed by atoms with Gasteiger partial charge in [0.15, 0.2) is 0 Å². The van der Waals surface area contributed by atoms with Gasteiger partial charge in [-0.05, 0) is 47.2 Å². The first kappa shape index (κ1) is 15.8. The molecule has 0 aliphatic carbocycles. The van der Waals surface area contributed by atoms with Crippen LogP contribution < -0.4 is 4.74 Å². The molecule has 1 heterocycles. The number of hydrogen-bond donors (Lipinski definition) is 0. The third-order valence-corrected chi connectivity index (χ3v) is 4.29. The summed E-state index contributed by atoms with van der Waals surface area (Å²) in [5.74, 6) is 1.41. The Morgan fingerprint density at radius 2 is 2.04 bits per heavy atom. The summed E-state index contributed by atoms with van der Waals surface area (Å²) < 4.78 is 7.40. The van der Waals surface area contributed by atoms with Gasteiger partial charge in [-0.2, -0.15) is 4.68 Å². The summed E-state index contributed by atoms with van der Waals surface area (Å²) >= 11 is 7.59. The van der Waals surface area contributed by atoms with E-state index in [9.17, 15) is 0 Å². The zero-order valence-electron chi connectivity index (χ0n) is 12.5. The largest absolute Gasteiger partial charge is 0.491 e. The van der Waals surface area contributed by atoms with Crippen molar-refractivity contribution in [3.05, 3.63) is 59.1 Å². The van der Waals surface area contributed by atoms with E-state index in [2.05, 4.69) is 15.5 Å². The summed E-state index contributed by atoms with van der Waals surface area (Å²) in [5.41, 5.74) is 2.11. The van der Waals surface area contributed by atoms with Gasteiger partial charge in [-0.1, -0.05) is 47.6 Å². The summed E-state index contributed by atoms with van der Waals surface area (Å²) in [7, 11) is 0. The van der Waals surface area contributed by atoms with Crippen LogP contribution in [0.3, 0.4) is 0 Å². The van der Waals surface area contributed by atoms with Crippen LogP contribution in [0.5, 0.6) is 5.75 Å². The number of rotatable bonds is 6. The zero-order valence-corrected chi connectivity index (χ0v) is 14.1. The number of nitrogens with zero attached hydrogens (tertiary/aromatic N) is 4. The number of ether oxygens (including phenoxy) is 1. The lowest BCUT2D eigenvalue weighted by Crippen LogP contribution is -2.03. The van der Waals surface area contributed by atoms with Crippen LogP contribution in [0.25, 0.3) is 5.69 Å². The number of benzene rings is 2. The molecule has 2 aromatic carbocycles. The van der Waals surface area contributed by atoms with Crippen molar-refractivity contribution >= 4 is 23.4 Å². The maximum absolute atomic E-state index is 6.05. The van der Waals surface area contributed by atoms with Gasteiger partial charge >= 0.3 is 0 Å². The van der Waals surface area contributed by atoms with Gasteiger partial charge in [-0.3, -0.25) is 0 Å². The van der Waals surface area contributed by atoms with E-state index >= 15 is 0 Å². The van der Waals surface area contributed by atoms with Gasteiger partial charge in [-0.15, -0.1) is 5.10 Å². The molecule has 0 unspecified atom stereocenters. The SMILES string of the molecule is Cc1cccc(-n2nnnc2SCCOc2ccccc2Cl)c1. The highest BCUT2D eigenvalue weighted by molar-refractivity contribution is 7.99. The number of hydrogen-bond acceptors (Lipinski definition) is 5. The molecular formula is C16H15ClN4OS. The van der Waals surface area contributed by atoms with E-state index in [0.29, 0.717) is 17.4 Å². The Morgan fingerprint density at radius 3 is 2.87 bits per heavy atom.